The van der Waals surface area contributed by atoms with Crippen LogP contribution in [0.1, 0.15) is 97.8 Å². The van der Waals surface area contributed by atoms with Crippen LogP contribution in [0.5, 0.6) is 0 Å². The number of rotatable bonds is 20. The molecule has 0 aromatic heterocycles. The first kappa shape index (κ1) is 26.8. The topological polar surface area (TPSA) is 76.0 Å². The Morgan fingerprint density at radius 2 is 1.19 bits per heavy atom. The van der Waals surface area contributed by atoms with Crippen LogP contribution < -0.4 is 5.32 Å². The number of nitrogens with zero attached hydrogens (tertiary/aromatic N) is 1. The highest BCUT2D eigenvalue weighted by Crippen LogP contribution is 2.10. The van der Waals surface area contributed by atoms with E-state index in [1.807, 2.05) is 0 Å². The molecule has 0 aliphatic heterocycles. The maximum Gasteiger partial charge on any atom is 0.104 e. The van der Waals surface area contributed by atoms with Gasteiger partial charge >= 0.3 is 0 Å². The third kappa shape index (κ3) is 17.6. The minimum absolute atomic E-state index is 0.338. The molecule has 5 nitrogen and oxygen atoms in total. The summed E-state index contributed by atoms with van der Waals surface area (Å²) in [5.41, 5.74) is 0. The molecular formula is C22H48N2O3. The summed E-state index contributed by atoms with van der Waals surface area (Å²) in [5, 5.41) is 33.7. The lowest BCUT2D eigenvalue weighted by molar-refractivity contribution is 0.0566. The number of unbranched alkanes of at least 4 members (excludes halogenated alkanes) is 6. The lowest BCUT2D eigenvalue weighted by atomic mass is 10.1. The third-order valence-corrected chi connectivity index (χ3v) is 5.09. The molecule has 164 valence electrons. The first-order valence-corrected chi connectivity index (χ1v) is 11.5. The normalized spacial score (nSPS) is 15.2. The van der Waals surface area contributed by atoms with Gasteiger partial charge in [-0.3, -0.25) is 10.2 Å². The van der Waals surface area contributed by atoms with Crippen molar-refractivity contribution in [3.05, 3.63) is 0 Å². The van der Waals surface area contributed by atoms with Crippen molar-refractivity contribution in [1.29, 1.82) is 0 Å². The number of nitrogens with one attached hydrogen (secondary N) is 1. The van der Waals surface area contributed by atoms with Gasteiger partial charge in [-0.15, -0.1) is 0 Å². The molecule has 0 fully saturated rings. The highest BCUT2D eigenvalue weighted by molar-refractivity contribution is 4.71. The van der Waals surface area contributed by atoms with Gasteiger partial charge in [-0.05, 0) is 19.3 Å². The smallest absolute Gasteiger partial charge is 0.104 e. The Balaban J connectivity index is 4.29. The van der Waals surface area contributed by atoms with Crippen LogP contribution in [0.3, 0.4) is 0 Å². The molecule has 0 amide bonds. The van der Waals surface area contributed by atoms with Crippen LogP contribution in [0, 0.1) is 0 Å². The molecule has 0 radical (unpaired) electrons. The Kier molecular flexibility index (Phi) is 19.0. The molecular weight excluding hydrogens is 340 g/mol. The van der Waals surface area contributed by atoms with Gasteiger partial charge in [-0.2, -0.15) is 0 Å². The van der Waals surface area contributed by atoms with Gasteiger partial charge in [0, 0.05) is 26.2 Å². The van der Waals surface area contributed by atoms with Crippen molar-refractivity contribution in [3.8, 4) is 0 Å². The van der Waals surface area contributed by atoms with Crippen molar-refractivity contribution in [3.63, 3.8) is 0 Å². The molecule has 3 atom stereocenters. The number of aliphatic hydroxyl groups excluding tert-OH is 3. The molecule has 0 aliphatic rings. The summed E-state index contributed by atoms with van der Waals surface area (Å²) in [5.74, 6) is 0. The minimum Gasteiger partial charge on any atom is -0.392 e. The van der Waals surface area contributed by atoms with Crippen molar-refractivity contribution < 1.29 is 15.3 Å². The van der Waals surface area contributed by atoms with Gasteiger partial charge in [-0.1, -0.05) is 78.6 Å². The lowest BCUT2D eigenvalue weighted by Crippen LogP contribution is -2.43. The predicted octanol–water partition coefficient (Wildman–Crippen LogP) is 3.66. The molecule has 0 saturated heterocycles. The van der Waals surface area contributed by atoms with E-state index in [0.29, 0.717) is 19.6 Å². The molecule has 0 heterocycles. The van der Waals surface area contributed by atoms with Gasteiger partial charge < -0.3 is 15.3 Å². The molecule has 4 N–H and O–H groups in total. The summed E-state index contributed by atoms with van der Waals surface area (Å²) in [6.45, 7) is 9.06. The molecule has 0 rings (SSSR count). The van der Waals surface area contributed by atoms with Crippen LogP contribution in [0.4, 0.5) is 0 Å². The van der Waals surface area contributed by atoms with Crippen LogP contribution in [0.15, 0.2) is 0 Å². The second-order valence-electron chi connectivity index (χ2n) is 8.02. The van der Waals surface area contributed by atoms with Crippen molar-refractivity contribution in [2.75, 3.05) is 26.2 Å². The first-order valence-electron chi connectivity index (χ1n) is 11.5. The van der Waals surface area contributed by atoms with E-state index in [9.17, 15) is 15.3 Å². The van der Waals surface area contributed by atoms with Crippen molar-refractivity contribution in [1.82, 2.24) is 10.2 Å². The third-order valence-electron chi connectivity index (χ3n) is 5.09. The molecule has 3 unspecified atom stereocenters. The molecule has 0 aromatic rings. The van der Waals surface area contributed by atoms with Gasteiger partial charge in [0.2, 0.25) is 0 Å². The average Bonchev–Trinajstić information content (AvgIpc) is 2.62. The Morgan fingerprint density at radius 3 is 1.63 bits per heavy atom. The largest absolute Gasteiger partial charge is 0.392 e. The number of hydrogen-bond acceptors (Lipinski definition) is 5. The molecule has 0 saturated carbocycles. The molecule has 0 bridgehead atoms. The van der Waals surface area contributed by atoms with E-state index in [-0.39, 0.29) is 12.2 Å². The second kappa shape index (κ2) is 19.1. The first-order chi connectivity index (χ1) is 13.0. The van der Waals surface area contributed by atoms with E-state index < -0.39 is 6.23 Å². The Labute approximate surface area is 168 Å². The summed E-state index contributed by atoms with van der Waals surface area (Å²) >= 11 is 0. The van der Waals surface area contributed by atoms with Gasteiger partial charge in [0.25, 0.3) is 0 Å². The van der Waals surface area contributed by atoms with Crippen LogP contribution in [0.25, 0.3) is 0 Å². The fourth-order valence-corrected chi connectivity index (χ4v) is 3.41. The van der Waals surface area contributed by atoms with Crippen molar-refractivity contribution in [2.24, 2.45) is 0 Å². The summed E-state index contributed by atoms with van der Waals surface area (Å²) in [6.07, 6.45) is 11.6. The van der Waals surface area contributed by atoms with Gasteiger partial charge in [-0.25, -0.2) is 0 Å². The zero-order valence-electron chi connectivity index (χ0n) is 18.3. The molecule has 27 heavy (non-hydrogen) atoms. The second-order valence-corrected chi connectivity index (χ2v) is 8.02. The number of aliphatic hydroxyl groups is 3. The van der Waals surface area contributed by atoms with Crippen LogP contribution in [-0.2, 0) is 0 Å². The molecule has 0 spiro atoms. The number of hydrogen-bond donors (Lipinski definition) is 4. The van der Waals surface area contributed by atoms with Crippen molar-refractivity contribution in [2.45, 2.75) is 116 Å². The van der Waals surface area contributed by atoms with Crippen LogP contribution in [-0.4, -0.2) is 64.8 Å². The van der Waals surface area contributed by atoms with Crippen molar-refractivity contribution >= 4 is 0 Å². The Bertz CT molecular complexity index is 285. The Hall–Kier alpha value is -0.200. The summed E-state index contributed by atoms with van der Waals surface area (Å²) in [7, 11) is 0. The zero-order valence-corrected chi connectivity index (χ0v) is 18.3. The highest BCUT2D eigenvalue weighted by atomic mass is 16.3. The van der Waals surface area contributed by atoms with E-state index in [0.717, 1.165) is 45.1 Å². The maximum atomic E-state index is 10.4. The molecule has 0 aliphatic carbocycles. The van der Waals surface area contributed by atoms with E-state index in [1.54, 1.807) is 0 Å². The average molecular weight is 389 g/mol. The quantitative estimate of drug-likeness (QED) is 0.189. The maximum absolute atomic E-state index is 10.4. The standard InChI is InChI=1S/C22H48N2O3/c1-4-7-9-11-14-20(25)18-24(17-16-23-22(27)13-6-3)19-21(26)15-12-10-8-5-2/h20-23,25-27H,4-19H2,1-3H3. The van der Waals surface area contributed by atoms with Gasteiger partial charge in [0.05, 0.1) is 12.2 Å². The van der Waals surface area contributed by atoms with E-state index >= 15 is 0 Å². The minimum atomic E-state index is -0.463. The van der Waals surface area contributed by atoms with E-state index in [1.165, 1.54) is 38.5 Å². The molecule has 5 heteroatoms. The van der Waals surface area contributed by atoms with Crippen LogP contribution in [0.2, 0.25) is 0 Å². The van der Waals surface area contributed by atoms with E-state index in [2.05, 4.69) is 31.0 Å². The van der Waals surface area contributed by atoms with Gasteiger partial charge in [0.1, 0.15) is 6.23 Å². The Morgan fingerprint density at radius 1 is 0.667 bits per heavy atom. The fraction of sp³-hybridized carbons (Fsp3) is 1.00. The van der Waals surface area contributed by atoms with E-state index in [4.69, 9.17) is 0 Å². The lowest BCUT2D eigenvalue weighted by Gasteiger charge is -2.28. The zero-order chi connectivity index (χ0) is 20.3. The highest BCUT2D eigenvalue weighted by Gasteiger charge is 2.16. The summed E-state index contributed by atoms with van der Waals surface area (Å²) in [4.78, 5) is 2.15. The predicted molar refractivity (Wildman–Crippen MR) is 115 cm³/mol. The van der Waals surface area contributed by atoms with Crippen LogP contribution >= 0.6 is 0 Å². The fourth-order valence-electron chi connectivity index (χ4n) is 3.41. The summed E-state index contributed by atoms with van der Waals surface area (Å²) < 4.78 is 0. The SMILES string of the molecule is CCCCCCC(O)CN(CCNC(O)CCC)CC(O)CCCCCC. The van der Waals surface area contributed by atoms with Gasteiger partial charge in [0.15, 0.2) is 0 Å². The monoisotopic (exact) mass is 388 g/mol. The molecule has 0 aromatic carbocycles. The summed E-state index contributed by atoms with van der Waals surface area (Å²) in [6, 6.07) is 0.